The summed E-state index contributed by atoms with van der Waals surface area (Å²) >= 11 is 0. The second kappa shape index (κ2) is 9.33. The number of nitro benzene ring substituents is 1. The highest BCUT2D eigenvalue weighted by Crippen LogP contribution is 2.28. The molecule has 144 valence electrons. The molecule has 2 aromatic carbocycles. The first-order chi connectivity index (χ1) is 13.4. The minimum absolute atomic E-state index is 0.0211. The molecule has 28 heavy (non-hydrogen) atoms. The summed E-state index contributed by atoms with van der Waals surface area (Å²) < 4.78 is 5.46. The van der Waals surface area contributed by atoms with Crippen molar-refractivity contribution in [1.29, 1.82) is 5.26 Å². The van der Waals surface area contributed by atoms with Crippen molar-refractivity contribution in [3.63, 3.8) is 0 Å². The molecule has 0 heterocycles. The molecule has 0 aliphatic carbocycles. The molecule has 7 nitrogen and oxygen atoms in total. The predicted octanol–water partition coefficient (Wildman–Crippen LogP) is 4.66. The van der Waals surface area contributed by atoms with Gasteiger partial charge in [-0.15, -0.1) is 0 Å². The van der Waals surface area contributed by atoms with Gasteiger partial charge in [0.1, 0.15) is 17.4 Å². The van der Waals surface area contributed by atoms with Crippen LogP contribution in [0, 0.1) is 21.4 Å². The molecule has 0 saturated heterocycles. The van der Waals surface area contributed by atoms with Crippen LogP contribution < -0.4 is 10.1 Å². The Morgan fingerprint density at radius 2 is 2.04 bits per heavy atom. The van der Waals surface area contributed by atoms with Crippen molar-refractivity contribution in [2.75, 3.05) is 11.9 Å². The monoisotopic (exact) mass is 379 g/mol. The molecule has 0 spiro atoms. The maximum atomic E-state index is 12.5. The third-order valence-electron chi connectivity index (χ3n) is 3.98. The Morgan fingerprint density at radius 3 is 2.64 bits per heavy atom. The van der Waals surface area contributed by atoms with Crippen molar-refractivity contribution in [3.8, 4) is 11.8 Å². The third kappa shape index (κ3) is 4.95. The number of nitro groups is 1. The van der Waals surface area contributed by atoms with Crippen molar-refractivity contribution < 1.29 is 14.5 Å². The maximum absolute atomic E-state index is 12.5. The zero-order valence-corrected chi connectivity index (χ0v) is 15.9. The summed E-state index contributed by atoms with van der Waals surface area (Å²) in [6.07, 6.45) is 1.33. The summed E-state index contributed by atoms with van der Waals surface area (Å²) in [6, 6.07) is 13.4. The fraction of sp³-hybridized carbons (Fsp3) is 0.238. The van der Waals surface area contributed by atoms with Crippen molar-refractivity contribution >= 4 is 23.4 Å². The number of carbonyl (C=O) groups excluding carboxylic acids is 1. The molecular weight excluding hydrogens is 358 g/mol. The van der Waals surface area contributed by atoms with Gasteiger partial charge in [-0.25, -0.2) is 0 Å². The molecule has 2 aromatic rings. The number of anilines is 1. The summed E-state index contributed by atoms with van der Waals surface area (Å²) in [6.45, 7) is 5.98. The highest BCUT2D eigenvalue weighted by atomic mass is 16.6. The second-order valence-electron chi connectivity index (χ2n) is 6.28. The van der Waals surface area contributed by atoms with Gasteiger partial charge in [0.25, 0.3) is 11.6 Å². The second-order valence-corrected chi connectivity index (χ2v) is 6.28. The normalized spacial score (nSPS) is 11.0. The van der Waals surface area contributed by atoms with E-state index in [1.807, 2.05) is 26.8 Å². The molecule has 0 unspecified atom stereocenters. The quantitative estimate of drug-likeness (QED) is 0.326. The van der Waals surface area contributed by atoms with E-state index in [0.717, 1.165) is 0 Å². The predicted molar refractivity (Wildman–Crippen MR) is 107 cm³/mol. The molecule has 0 aromatic heterocycles. The zero-order valence-electron chi connectivity index (χ0n) is 15.9. The topological polar surface area (TPSA) is 105 Å². The molecule has 7 heteroatoms. The Morgan fingerprint density at radius 1 is 1.32 bits per heavy atom. The highest BCUT2D eigenvalue weighted by molar-refractivity contribution is 6.10. The number of rotatable bonds is 7. The molecule has 0 saturated carbocycles. The van der Waals surface area contributed by atoms with Crippen LogP contribution in [0.5, 0.6) is 5.75 Å². The van der Waals surface area contributed by atoms with E-state index >= 15 is 0 Å². The lowest BCUT2D eigenvalue weighted by Crippen LogP contribution is -2.14. The molecule has 0 atom stereocenters. The van der Waals surface area contributed by atoms with Crippen LogP contribution in [0.1, 0.15) is 37.8 Å². The van der Waals surface area contributed by atoms with Crippen molar-refractivity contribution in [1.82, 2.24) is 0 Å². The van der Waals surface area contributed by atoms with Gasteiger partial charge in [0, 0.05) is 11.6 Å². The van der Waals surface area contributed by atoms with Gasteiger partial charge in [-0.1, -0.05) is 38.1 Å². The Balaban J connectivity index is 2.34. The standard InChI is InChI=1S/C21H21N3O4/c1-4-28-20-8-6-5-7-18(20)23-21(25)16(13-22)11-15-9-10-17(14(2)3)19(12-15)24(26)27/h5-12,14H,4H2,1-3H3,(H,23,25)/b16-11+. The number of nitrogens with zero attached hydrogens (tertiary/aromatic N) is 2. The fourth-order valence-corrected chi connectivity index (χ4v) is 2.65. The van der Waals surface area contributed by atoms with Crippen LogP contribution in [0.3, 0.4) is 0 Å². The summed E-state index contributed by atoms with van der Waals surface area (Å²) in [4.78, 5) is 23.4. The van der Waals surface area contributed by atoms with E-state index < -0.39 is 10.8 Å². The Bertz CT molecular complexity index is 958. The van der Waals surface area contributed by atoms with Crippen molar-refractivity contribution in [3.05, 3.63) is 69.3 Å². The summed E-state index contributed by atoms with van der Waals surface area (Å²) in [5, 5.41) is 23.4. The number of ether oxygens (including phenoxy) is 1. The van der Waals surface area contributed by atoms with Crippen LogP contribution in [0.15, 0.2) is 48.0 Å². The molecule has 0 aliphatic rings. The first-order valence-corrected chi connectivity index (χ1v) is 8.80. The van der Waals surface area contributed by atoms with Gasteiger partial charge in [-0.05, 0) is 36.6 Å². The van der Waals surface area contributed by atoms with Crippen LogP contribution in [0.25, 0.3) is 6.08 Å². The Kier molecular flexibility index (Phi) is 6.88. The van der Waals surface area contributed by atoms with Crippen LogP contribution in [0.4, 0.5) is 11.4 Å². The van der Waals surface area contributed by atoms with Gasteiger partial charge in [0.15, 0.2) is 0 Å². The van der Waals surface area contributed by atoms with Crippen LogP contribution in [0.2, 0.25) is 0 Å². The van der Waals surface area contributed by atoms with Gasteiger partial charge >= 0.3 is 0 Å². The number of nitrogens with one attached hydrogen (secondary N) is 1. The first kappa shape index (κ1) is 20.6. The minimum atomic E-state index is -0.620. The van der Waals surface area contributed by atoms with Gasteiger partial charge in [0.05, 0.1) is 17.2 Å². The Labute approximate surface area is 163 Å². The minimum Gasteiger partial charge on any atom is -0.492 e. The lowest BCUT2D eigenvalue weighted by atomic mass is 9.98. The van der Waals surface area contributed by atoms with E-state index in [1.54, 1.807) is 36.4 Å². The molecule has 0 fully saturated rings. The number of hydrogen-bond donors (Lipinski definition) is 1. The average molecular weight is 379 g/mol. The lowest BCUT2D eigenvalue weighted by Gasteiger charge is -2.11. The summed E-state index contributed by atoms with van der Waals surface area (Å²) in [5.74, 6) is -0.148. The average Bonchev–Trinajstić information content (AvgIpc) is 2.67. The number of nitriles is 1. The highest BCUT2D eigenvalue weighted by Gasteiger charge is 2.18. The van der Waals surface area contributed by atoms with Gasteiger partial charge in [-0.3, -0.25) is 14.9 Å². The van der Waals surface area contributed by atoms with Crippen LogP contribution in [-0.4, -0.2) is 17.4 Å². The lowest BCUT2D eigenvalue weighted by molar-refractivity contribution is -0.385. The molecular formula is C21H21N3O4. The first-order valence-electron chi connectivity index (χ1n) is 8.80. The van der Waals surface area contributed by atoms with Gasteiger partial charge in [-0.2, -0.15) is 5.26 Å². The molecule has 2 rings (SSSR count). The van der Waals surface area contributed by atoms with E-state index in [-0.39, 0.29) is 17.2 Å². The fourth-order valence-electron chi connectivity index (χ4n) is 2.65. The maximum Gasteiger partial charge on any atom is 0.273 e. The molecule has 1 amide bonds. The van der Waals surface area contributed by atoms with E-state index in [9.17, 15) is 20.2 Å². The molecule has 1 N–H and O–H groups in total. The summed E-state index contributed by atoms with van der Waals surface area (Å²) in [7, 11) is 0. The van der Waals surface area contributed by atoms with Crippen molar-refractivity contribution in [2.24, 2.45) is 0 Å². The number of benzene rings is 2. The zero-order chi connectivity index (χ0) is 20.7. The number of carbonyl (C=O) groups is 1. The van der Waals surface area contributed by atoms with Crippen LogP contribution in [-0.2, 0) is 4.79 Å². The van der Waals surface area contributed by atoms with Gasteiger partial charge in [0.2, 0.25) is 0 Å². The number of hydrogen-bond acceptors (Lipinski definition) is 5. The SMILES string of the molecule is CCOc1ccccc1NC(=O)/C(C#N)=C/c1ccc(C(C)C)c([N+](=O)[O-])c1. The van der Waals surface area contributed by atoms with E-state index in [2.05, 4.69) is 5.32 Å². The van der Waals surface area contributed by atoms with Crippen LogP contribution >= 0.6 is 0 Å². The van der Waals surface area contributed by atoms with E-state index in [0.29, 0.717) is 29.2 Å². The van der Waals surface area contributed by atoms with E-state index in [1.165, 1.54) is 12.1 Å². The summed E-state index contributed by atoms with van der Waals surface area (Å²) in [5.41, 5.74) is 1.23. The Hall–Kier alpha value is -3.66. The smallest absolute Gasteiger partial charge is 0.273 e. The number of para-hydroxylation sites is 2. The third-order valence-corrected chi connectivity index (χ3v) is 3.98. The largest absolute Gasteiger partial charge is 0.492 e. The van der Waals surface area contributed by atoms with E-state index in [4.69, 9.17) is 4.74 Å². The van der Waals surface area contributed by atoms with Gasteiger partial charge < -0.3 is 10.1 Å². The molecule has 0 radical (unpaired) electrons. The number of amides is 1. The molecule has 0 aliphatic heterocycles. The van der Waals surface area contributed by atoms with Crippen molar-refractivity contribution in [2.45, 2.75) is 26.7 Å². The molecule has 0 bridgehead atoms.